The van der Waals surface area contributed by atoms with E-state index in [0.717, 1.165) is 25.1 Å². The van der Waals surface area contributed by atoms with Gasteiger partial charge in [0.05, 0.1) is 11.3 Å². The van der Waals surface area contributed by atoms with Crippen LogP contribution in [0.5, 0.6) is 0 Å². The van der Waals surface area contributed by atoms with Gasteiger partial charge in [-0.1, -0.05) is 6.92 Å². The predicted molar refractivity (Wildman–Crippen MR) is 89.8 cm³/mol. The van der Waals surface area contributed by atoms with Crippen LogP contribution in [0.25, 0.3) is 5.69 Å². The zero-order valence-corrected chi connectivity index (χ0v) is 13.8. The van der Waals surface area contributed by atoms with Crippen LogP contribution in [0.15, 0.2) is 29.1 Å². The van der Waals surface area contributed by atoms with Crippen molar-refractivity contribution in [2.24, 2.45) is 5.92 Å². The van der Waals surface area contributed by atoms with Crippen LogP contribution in [-0.2, 0) is 0 Å². The summed E-state index contributed by atoms with van der Waals surface area (Å²) in [6.07, 6.45) is 3.20. The Kier molecular flexibility index (Phi) is 4.20. The fourth-order valence-corrected chi connectivity index (χ4v) is 3.42. The molecule has 4 nitrogen and oxygen atoms in total. The lowest BCUT2D eigenvalue weighted by Gasteiger charge is -2.19. The summed E-state index contributed by atoms with van der Waals surface area (Å²) < 4.78 is 14.9. The van der Waals surface area contributed by atoms with Crippen LogP contribution >= 0.6 is 0 Å². The Bertz CT molecular complexity index is 767. The van der Waals surface area contributed by atoms with Crippen LogP contribution in [0.2, 0.25) is 0 Å². The van der Waals surface area contributed by atoms with E-state index >= 15 is 0 Å². The molecule has 0 aliphatic heterocycles. The fraction of sp³-hybridized carbons (Fsp3) is 0.444. The van der Waals surface area contributed by atoms with Gasteiger partial charge in [-0.25, -0.2) is 9.37 Å². The van der Waals surface area contributed by atoms with Crippen LogP contribution in [0.3, 0.4) is 0 Å². The van der Waals surface area contributed by atoms with E-state index < -0.39 is 0 Å². The largest absolute Gasteiger partial charge is 0.373 e. The highest BCUT2D eigenvalue weighted by Gasteiger charge is 2.28. The van der Waals surface area contributed by atoms with Gasteiger partial charge in [-0.15, -0.1) is 0 Å². The Morgan fingerprint density at radius 1 is 1.26 bits per heavy atom. The summed E-state index contributed by atoms with van der Waals surface area (Å²) >= 11 is 0. The van der Waals surface area contributed by atoms with Crippen molar-refractivity contribution in [3.63, 3.8) is 0 Å². The van der Waals surface area contributed by atoms with E-state index in [0.29, 0.717) is 23.0 Å². The number of anilines is 1. The van der Waals surface area contributed by atoms with Crippen molar-refractivity contribution in [3.8, 4) is 5.69 Å². The predicted octanol–water partition coefficient (Wildman–Crippen LogP) is 3.63. The van der Waals surface area contributed by atoms with Crippen LogP contribution in [0, 0.1) is 18.7 Å². The van der Waals surface area contributed by atoms with Crippen molar-refractivity contribution in [1.29, 1.82) is 0 Å². The van der Waals surface area contributed by atoms with Crippen molar-refractivity contribution in [3.05, 3.63) is 51.8 Å². The number of nitrogens with zero attached hydrogens (tertiary/aromatic N) is 2. The summed E-state index contributed by atoms with van der Waals surface area (Å²) in [6, 6.07) is 6.03. The Balaban J connectivity index is 2.21. The molecule has 23 heavy (non-hydrogen) atoms. The monoisotopic (exact) mass is 315 g/mol. The number of nitrogens with one attached hydrogen (secondary N) is 1. The molecule has 0 radical (unpaired) electrons. The zero-order valence-electron chi connectivity index (χ0n) is 13.8. The lowest BCUT2D eigenvalue weighted by Crippen LogP contribution is -2.28. The molecular weight excluding hydrogens is 293 g/mol. The van der Waals surface area contributed by atoms with Gasteiger partial charge >= 0.3 is 0 Å². The van der Waals surface area contributed by atoms with Gasteiger partial charge in [0, 0.05) is 13.0 Å². The molecule has 1 N–H and O–H groups in total. The van der Waals surface area contributed by atoms with Gasteiger partial charge in [0.25, 0.3) is 5.56 Å². The average molecular weight is 315 g/mol. The highest BCUT2D eigenvalue weighted by molar-refractivity contribution is 5.45. The first-order valence-electron chi connectivity index (χ1n) is 8.08. The van der Waals surface area contributed by atoms with Gasteiger partial charge in [-0.3, -0.25) is 9.36 Å². The van der Waals surface area contributed by atoms with Crippen LogP contribution in [0.1, 0.15) is 43.5 Å². The van der Waals surface area contributed by atoms with Crippen molar-refractivity contribution >= 4 is 5.82 Å². The summed E-state index contributed by atoms with van der Waals surface area (Å²) in [7, 11) is 1.78. The first kappa shape index (κ1) is 15.7. The fourth-order valence-electron chi connectivity index (χ4n) is 3.42. The summed E-state index contributed by atoms with van der Waals surface area (Å²) in [5, 5.41) is 3.01. The second kappa shape index (κ2) is 6.14. The number of benzene rings is 1. The zero-order chi connectivity index (χ0) is 16.6. The third-order valence-electron chi connectivity index (χ3n) is 4.72. The highest BCUT2D eigenvalue weighted by atomic mass is 19.1. The Labute approximate surface area is 135 Å². The quantitative estimate of drug-likeness (QED) is 0.941. The lowest BCUT2D eigenvalue weighted by atomic mass is 10.0. The minimum absolute atomic E-state index is 0.0921. The number of aromatic nitrogens is 2. The van der Waals surface area contributed by atoms with E-state index in [1.54, 1.807) is 30.7 Å². The van der Waals surface area contributed by atoms with Gasteiger partial charge in [0.2, 0.25) is 0 Å². The molecule has 2 aromatic rings. The SMILES string of the molecule is CNc1nc(C2CCC(C)C2)n(-c2ccc(F)cc2)c(=O)c1C. The molecule has 0 bridgehead atoms. The van der Waals surface area contributed by atoms with E-state index in [2.05, 4.69) is 12.2 Å². The minimum atomic E-state index is -0.311. The molecule has 1 aliphatic rings. The third-order valence-corrected chi connectivity index (χ3v) is 4.72. The molecule has 0 amide bonds. The van der Waals surface area contributed by atoms with Crippen molar-refractivity contribution < 1.29 is 4.39 Å². The van der Waals surface area contributed by atoms with E-state index in [9.17, 15) is 9.18 Å². The molecule has 0 saturated heterocycles. The van der Waals surface area contributed by atoms with Gasteiger partial charge in [-0.05, 0) is 56.4 Å². The van der Waals surface area contributed by atoms with Gasteiger partial charge in [0.15, 0.2) is 0 Å². The molecule has 1 aromatic heterocycles. The molecule has 1 aromatic carbocycles. The number of rotatable bonds is 3. The van der Waals surface area contributed by atoms with Crippen molar-refractivity contribution in [1.82, 2.24) is 9.55 Å². The summed E-state index contributed by atoms with van der Waals surface area (Å²) in [5.41, 5.74) is 1.15. The average Bonchev–Trinajstić information content (AvgIpc) is 2.97. The lowest BCUT2D eigenvalue weighted by molar-refractivity contribution is 0.574. The third kappa shape index (κ3) is 2.87. The van der Waals surface area contributed by atoms with Crippen LogP contribution < -0.4 is 10.9 Å². The molecule has 1 fully saturated rings. The molecule has 2 atom stereocenters. The van der Waals surface area contributed by atoms with E-state index in [1.807, 2.05) is 0 Å². The number of halogens is 1. The second-order valence-corrected chi connectivity index (χ2v) is 6.43. The molecule has 5 heteroatoms. The maximum atomic E-state index is 13.2. The Morgan fingerprint density at radius 3 is 2.52 bits per heavy atom. The van der Waals surface area contributed by atoms with Crippen LogP contribution in [-0.4, -0.2) is 16.6 Å². The van der Waals surface area contributed by atoms with Gasteiger partial charge in [0.1, 0.15) is 17.5 Å². The topological polar surface area (TPSA) is 46.9 Å². The standard InChI is InChI=1S/C18H22FN3O/c1-11-4-5-13(10-11)17-21-16(20-3)12(2)18(23)22(17)15-8-6-14(19)7-9-15/h6-9,11,13,20H,4-5,10H2,1-3H3. The normalized spacial score (nSPS) is 20.7. The highest BCUT2D eigenvalue weighted by Crippen LogP contribution is 2.37. The maximum Gasteiger partial charge on any atom is 0.263 e. The van der Waals surface area contributed by atoms with Gasteiger partial charge < -0.3 is 5.32 Å². The molecule has 2 unspecified atom stereocenters. The molecule has 0 spiro atoms. The molecule has 1 heterocycles. The second-order valence-electron chi connectivity index (χ2n) is 6.43. The van der Waals surface area contributed by atoms with E-state index in [4.69, 9.17) is 4.98 Å². The van der Waals surface area contributed by atoms with Crippen molar-refractivity contribution in [2.45, 2.75) is 39.0 Å². The number of hydrogen-bond donors (Lipinski definition) is 1. The molecule has 1 saturated carbocycles. The first-order chi connectivity index (χ1) is 11.0. The van der Waals surface area contributed by atoms with E-state index in [1.165, 1.54) is 12.1 Å². The Hall–Kier alpha value is -2.17. The smallest absolute Gasteiger partial charge is 0.263 e. The summed E-state index contributed by atoms with van der Waals surface area (Å²) in [4.78, 5) is 17.6. The van der Waals surface area contributed by atoms with Crippen LogP contribution in [0.4, 0.5) is 10.2 Å². The molecular formula is C18H22FN3O. The molecule has 1 aliphatic carbocycles. The molecule has 3 rings (SSSR count). The maximum absolute atomic E-state index is 13.2. The molecule has 122 valence electrons. The minimum Gasteiger partial charge on any atom is -0.373 e. The van der Waals surface area contributed by atoms with Crippen molar-refractivity contribution in [2.75, 3.05) is 12.4 Å². The number of hydrogen-bond acceptors (Lipinski definition) is 3. The first-order valence-corrected chi connectivity index (χ1v) is 8.08. The summed E-state index contributed by atoms with van der Waals surface area (Å²) in [6.45, 7) is 4.00. The van der Waals surface area contributed by atoms with E-state index in [-0.39, 0.29) is 17.3 Å². The van der Waals surface area contributed by atoms with Gasteiger partial charge in [-0.2, -0.15) is 0 Å². The Morgan fingerprint density at radius 2 is 1.96 bits per heavy atom. The summed E-state index contributed by atoms with van der Waals surface area (Å²) in [5.74, 6) is 1.99.